The molecule has 1 unspecified atom stereocenters. The van der Waals surface area contributed by atoms with E-state index in [-0.39, 0.29) is 23.8 Å². The first-order valence-electron chi connectivity index (χ1n) is 14.4. The minimum Gasteiger partial charge on any atom is -0.350 e. The molecule has 4 aromatic carbocycles. The second kappa shape index (κ2) is 14.1. The zero-order valence-corrected chi connectivity index (χ0v) is 27.0. The number of halogens is 1. The van der Waals surface area contributed by atoms with Crippen molar-refractivity contribution < 1.29 is 18.0 Å². The smallest absolute Gasteiger partial charge is 0.264 e. The van der Waals surface area contributed by atoms with Crippen molar-refractivity contribution in [3.05, 3.63) is 131 Å². The molecule has 2 amide bonds. The Morgan fingerprint density at radius 2 is 1.34 bits per heavy atom. The number of hydrogen-bond acceptors (Lipinski definition) is 4. The first-order valence-corrected chi connectivity index (χ1v) is 16.2. The van der Waals surface area contributed by atoms with Crippen LogP contribution in [0.5, 0.6) is 0 Å². The third-order valence-corrected chi connectivity index (χ3v) is 9.01. The Balaban J connectivity index is 1.80. The lowest BCUT2D eigenvalue weighted by Crippen LogP contribution is -2.56. The molecule has 0 heterocycles. The molecular weight excluding hydrogens is 594 g/mol. The van der Waals surface area contributed by atoms with E-state index in [1.54, 1.807) is 24.3 Å². The molecule has 0 saturated heterocycles. The molecule has 9 heteroatoms. The summed E-state index contributed by atoms with van der Waals surface area (Å²) in [6.07, 6.45) is 0.246. The molecule has 0 saturated carbocycles. The zero-order valence-electron chi connectivity index (χ0n) is 25.4. The highest BCUT2D eigenvalue weighted by Gasteiger charge is 2.35. The fourth-order valence-electron chi connectivity index (χ4n) is 4.76. The maximum Gasteiger partial charge on any atom is 0.264 e. The number of carbonyl (C=O) groups excluding carboxylic acids is 2. The van der Waals surface area contributed by atoms with E-state index in [4.69, 9.17) is 11.6 Å². The quantitative estimate of drug-likeness (QED) is 0.208. The molecule has 0 aliphatic rings. The maximum absolute atomic E-state index is 14.5. The summed E-state index contributed by atoms with van der Waals surface area (Å²) in [6.45, 7) is 7.13. The van der Waals surface area contributed by atoms with E-state index in [2.05, 4.69) is 5.32 Å². The SMILES string of the molecule is Cc1ccc(N(CC(=O)N(Cc2ccccc2)C(Cc2ccccc2)C(=O)NC(C)(C)C)S(=O)(=O)c2ccc(Cl)cc2)cc1. The fourth-order valence-corrected chi connectivity index (χ4v) is 6.30. The Kier molecular flexibility index (Phi) is 10.5. The number of rotatable bonds is 11. The molecule has 0 aliphatic carbocycles. The van der Waals surface area contributed by atoms with Gasteiger partial charge in [0.1, 0.15) is 12.6 Å². The van der Waals surface area contributed by atoms with Gasteiger partial charge >= 0.3 is 0 Å². The number of aryl methyl sites for hydroxylation is 1. The van der Waals surface area contributed by atoms with E-state index in [1.165, 1.54) is 29.2 Å². The minimum atomic E-state index is -4.19. The normalized spacial score (nSPS) is 12.3. The minimum absolute atomic E-state index is 0.00352. The van der Waals surface area contributed by atoms with Crippen molar-refractivity contribution >= 4 is 39.1 Å². The zero-order chi connectivity index (χ0) is 31.9. The summed E-state index contributed by atoms with van der Waals surface area (Å²) < 4.78 is 29.2. The molecule has 230 valence electrons. The summed E-state index contributed by atoms with van der Waals surface area (Å²) in [5.41, 5.74) is 2.40. The van der Waals surface area contributed by atoms with Crippen LogP contribution in [0.3, 0.4) is 0 Å². The van der Waals surface area contributed by atoms with Crippen LogP contribution in [0.15, 0.2) is 114 Å². The van der Waals surface area contributed by atoms with Gasteiger partial charge in [-0.05, 0) is 75.2 Å². The van der Waals surface area contributed by atoms with Crippen LogP contribution in [0, 0.1) is 6.92 Å². The number of amides is 2. The number of nitrogens with zero attached hydrogens (tertiary/aromatic N) is 2. The van der Waals surface area contributed by atoms with E-state index in [0.29, 0.717) is 10.7 Å². The fraction of sp³-hybridized carbons (Fsp3) is 0.257. The summed E-state index contributed by atoms with van der Waals surface area (Å²) in [5, 5.41) is 3.43. The van der Waals surface area contributed by atoms with Crippen LogP contribution in [-0.4, -0.2) is 43.3 Å². The van der Waals surface area contributed by atoms with Crippen molar-refractivity contribution in [2.24, 2.45) is 0 Å². The van der Waals surface area contributed by atoms with E-state index < -0.39 is 34.1 Å². The van der Waals surface area contributed by atoms with Gasteiger partial charge in [0.15, 0.2) is 0 Å². The van der Waals surface area contributed by atoms with Crippen LogP contribution in [0.4, 0.5) is 5.69 Å². The van der Waals surface area contributed by atoms with Crippen LogP contribution >= 0.6 is 11.6 Å². The molecule has 0 radical (unpaired) electrons. The van der Waals surface area contributed by atoms with Crippen molar-refractivity contribution in [1.29, 1.82) is 0 Å². The highest BCUT2D eigenvalue weighted by Crippen LogP contribution is 2.26. The maximum atomic E-state index is 14.5. The molecule has 1 atom stereocenters. The molecule has 0 spiro atoms. The van der Waals surface area contributed by atoms with Gasteiger partial charge in [-0.15, -0.1) is 0 Å². The van der Waals surface area contributed by atoms with Crippen molar-refractivity contribution in [2.45, 2.75) is 57.1 Å². The van der Waals surface area contributed by atoms with E-state index in [9.17, 15) is 18.0 Å². The number of benzene rings is 4. The van der Waals surface area contributed by atoms with Crippen LogP contribution in [0.2, 0.25) is 5.02 Å². The van der Waals surface area contributed by atoms with Gasteiger partial charge in [0.2, 0.25) is 11.8 Å². The molecule has 7 nitrogen and oxygen atoms in total. The molecule has 44 heavy (non-hydrogen) atoms. The lowest BCUT2D eigenvalue weighted by molar-refractivity contribution is -0.140. The molecule has 4 aromatic rings. The van der Waals surface area contributed by atoms with Crippen molar-refractivity contribution in [1.82, 2.24) is 10.2 Å². The molecule has 0 aliphatic heterocycles. The molecule has 1 N–H and O–H groups in total. The number of nitrogens with one attached hydrogen (secondary N) is 1. The highest BCUT2D eigenvalue weighted by atomic mass is 35.5. The van der Waals surface area contributed by atoms with Gasteiger partial charge in [-0.25, -0.2) is 8.42 Å². The lowest BCUT2D eigenvalue weighted by Gasteiger charge is -2.35. The summed E-state index contributed by atoms with van der Waals surface area (Å²) in [6, 6.07) is 30.7. The number of hydrogen-bond donors (Lipinski definition) is 1. The first kappa shape index (κ1) is 32.8. The van der Waals surface area contributed by atoms with Crippen LogP contribution in [-0.2, 0) is 32.6 Å². The Labute approximate surface area is 265 Å². The van der Waals surface area contributed by atoms with Crippen molar-refractivity contribution in [3.8, 4) is 0 Å². The van der Waals surface area contributed by atoms with E-state index in [0.717, 1.165) is 21.0 Å². The second-order valence-corrected chi connectivity index (χ2v) is 14.1. The third kappa shape index (κ3) is 8.71. The Morgan fingerprint density at radius 3 is 1.89 bits per heavy atom. The van der Waals surface area contributed by atoms with E-state index >= 15 is 0 Å². The number of carbonyl (C=O) groups is 2. The Morgan fingerprint density at radius 1 is 0.795 bits per heavy atom. The second-order valence-electron chi connectivity index (χ2n) is 11.8. The third-order valence-electron chi connectivity index (χ3n) is 6.97. The summed E-state index contributed by atoms with van der Waals surface area (Å²) in [4.78, 5) is 29.8. The monoisotopic (exact) mass is 631 g/mol. The average Bonchev–Trinajstić information content (AvgIpc) is 2.98. The molecule has 0 fully saturated rings. The van der Waals surface area contributed by atoms with Gasteiger partial charge in [0.25, 0.3) is 10.0 Å². The van der Waals surface area contributed by atoms with Crippen molar-refractivity contribution in [2.75, 3.05) is 10.8 Å². The van der Waals surface area contributed by atoms with Gasteiger partial charge in [0, 0.05) is 23.5 Å². The van der Waals surface area contributed by atoms with Crippen molar-refractivity contribution in [3.63, 3.8) is 0 Å². The summed E-state index contributed by atoms with van der Waals surface area (Å²) in [5.74, 6) is -0.843. The van der Waals surface area contributed by atoms with E-state index in [1.807, 2.05) is 88.4 Å². The van der Waals surface area contributed by atoms with Crippen LogP contribution in [0.25, 0.3) is 0 Å². The largest absolute Gasteiger partial charge is 0.350 e. The van der Waals surface area contributed by atoms with Gasteiger partial charge < -0.3 is 10.2 Å². The predicted octanol–water partition coefficient (Wildman–Crippen LogP) is 6.40. The first-order chi connectivity index (χ1) is 20.8. The summed E-state index contributed by atoms with van der Waals surface area (Å²) in [7, 11) is -4.19. The van der Waals surface area contributed by atoms with Gasteiger partial charge in [0.05, 0.1) is 10.6 Å². The number of anilines is 1. The topological polar surface area (TPSA) is 86.8 Å². The summed E-state index contributed by atoms with van der Waals surface area (Å²) >= 11 is 6.05. The van der Waals surface area contributed by atoms with Gasteiger partial charge in [-0.1, -0.05) is 90.0 Å². The molecular formula is C35H38ClN3O4S. The molecule has 0 bridgehead atoms. The highest BCUT2D eigenvalue weighted by molar-refractivity contribution is 7.92. The Bertz CT molecular complexity index is 1660. The average molecular weight is 632 g/mol. The van der Waals surface area contributed by atoms with Crippen LogP contribution in [0.1, 0.15) is 37.5 Å². The Hall–Kier alpha value is -4.14. The van der Waals surface area contributed by atoms with Gasteiger partial charge in [-0.2, -0.15) is 0 Å². The van der Waals surface area contributed by atoms with Crippen LogP contribution < -0.4 is 9.62 Å². The molecule has 4 rings (SSSR count). The lowest BCUT2D eigenvalue weighted by atomic mass is 10.0. The standard InChI is InChI=1S/C35H38ClN3O4S/c1-26-15-19-30(20-16-26)39(44(42,43)31-21-17-29(36)18-22-31)25-33(40)38(24-28-13-9-6-10-14-28)32(34(41)37-35(2,3)4)23-27-11-7-5-8-12-27/h5-22,32H,23-25H2,1-4H3,(H,37,41). The number of sulfonamides is 1. The van der Waals surface area contributed by atoms with Gasteiger partial charge in [-0.3, -0.25) is 13.9 Å². The molecule has 0 aromatic heterocycles. The predicted molar refractivity (Wildman–Crippen MR) is 176 cm³/mol.